The number of carbonyl (C=O) groups is 2. The van der Waals surface area contributed by atoms with Gasteiger partial charge in [-0.1, -0.05) is 6.07 Å². The monoisotopic (exact) mass is 421 g/mol. The number of amides is 1. The summed E-state index contributed by atoms with van der Waals surface area (Å²) in [6.07, 6.45) is -1.25. The van der Waals surface area contributed by atoms with Crippen molar-refractivity contribution in [2.75, 3.05) is 5.32 Å². The van der Waals surface area contributed by atoms with Crippen molar-refractivity contribution in [2.45, 2.75) is 31.8 Å². The van der Waals surface area contributed by atoms with E-state index in [0.717, 1.165) is 12.1 Å². The van der Waals surface area contributed by atoms with Gasteiger partial charge in [-0.05, 0) is 50.1 Å². The van der Waals surface area contributed by atoms with Gasteiger partial charge in [0.1, 0.15) is 0 Å². The van der Waals surface area contributed by atoms with Crippen LogP contribution in [0.1, 0.15) is 28.4 Å². The summed E-state index contributed by atoms with van der Waals surface area (Å²) in [5.74, 6) is -1.63. The first-order valence-electron chi connectivity index (χ1n) is 8.30. The van der Waals surface area contributed by atoms with Gasteiger partial charge in [0.25, 0.3) is 11.6 Å². The number of rotatable bonds is 6. The Labute approximate surface area is 166 Å². The molecule has 0 aliphatic heterocycles. The number of ether oxygens (including phenoxy) is 1. The second-order valence-electron chi connectivity index (χ2n) is 6.31. The summed E-state index contributed by atoms with van der Waals surface area (Å²) in [7, 11) is -4.05. The first-order chi connectivity index (χ1) is 13.4. The van der Waals surface area contributed by atoms with Crippen molar-refractivity contribution < 1.29 is 27.7 Å². The van der Waals surface area contributed by atoms with Crippen LogP contribution in [0.3, 0.4) is 0 Å². The number of aryl methyl sites for hydroxylation is 1. The number of sulfonamides is 1. The molecule has 0 aliphatic rings. The van der Waals surface area contributed by atoms with E-state index in [1.807, 2.05) is 0 Å². The van der Waals surface area contributed by atoms with Gasteiger partial charge >= 0.3 is 5.97 Å². The van der Waals surface area contributed by atoms with Gasteiger partial charge in [-0.2, -0.15) is 0 Å². The van der Waals surface area contributed by atoms with Gasteiger partial charge in [0, 0.05) is 17.8 Å². The highest BCUT2D eigenvalue weighted by Crippen LogP contribution is 2.21. The third-order valence-corrected chi connectivity index (χ3v) is 5.18. The number of nitrogens with two attached hydrogens (primary N) is 1. The number of nitrogens with zero attached hydrogens (tertiary/aromatic N) is 1. The van der Waals surface area contributed by atoms with Crippen molar-refractivity contribution in [1.82, 2.24) is 0 Å². The van der Waals surface area contributed by atoms with E-state index in [0.29, 0.717) is 11.1 Å². The van der Waals surface area contributed by atoms with Crippen LogP contribution < -0.4 is 10.5 Å². The standard InChI is InChI=1S/C18H19N3O7S/c1-10-7-13(8-16(11(10)2)29(19,26)27)18(23)28-12(3)17(22)20-14-5-4-6-15(9-14)21(24)25/h4-9,12H,1-3H3,(H,20,22)(H2,19,26,27). The quantitative estimate of drug-likeness (QED) is 0.410. The van der Waals surface area contributed by atoms with E-state index in [-0.39, 0.29) is 21.8 Å². The highest BCUT2D eigenvalue weighted by molar-refractivity contribution is 7.89. The van der Waals surface area contributed by atoms with Crippen LogP contribution in [0.15, 0.2) is 41.3 Å². The van der Waals surface area contributed by atoms with Gasteiger partial charge in [-0.25, -0.2) is 18.4 Å². The third kappa shape index (κ3) is 5.36. The molecule has 0 heterocycles. The van der Waals surface area contributed by atoms with E-state index in [1.54, 1.807) is 13.8 Å². The van der Waals surface area contributed by atoms with Gasteiger partial charge < -0.3 is 10.1 Å². The molecule has 0 bridgehead atoms. The third-order valence-electron chi connectivity index (χ3n) is 4.14. The Balaban J connectivity index is 2.16. The maximum absolute atomic E-state index is 12.4. The predicted molar refractivity (Wildman–Crippen MR) is 104 cm³/mol. The smallest absolute Gasteiger partial charge is 0.338 e. The molecule has 0 aliphatic carbocycles. The number of hydrogen-bond donors (Lipinski definition) is 2. The van der Waals surface area contributed by atoms with Crippen LogP contribution >= 0.6 is 0 Å². The summed E-state index contributed by atoms with van der Waals surface area (Å²) in [6.45, 7) is 4.48. The minimum Gasteiger partial charge on any atom is -0.449 e. The molecule has 2 rings (SSSR count). The minimum absolute atomic E-state index is 0.0767. The van der Waals surface area contributed by atoms with Crippen LogP contribution in [0.5, 0.6) is 0 Å². The molecule has 154 valence electrons. The highest BCUT2D eigenvalue weighted by atomic mass is 32.2. The fourth-order valence-electron chi connectivity index (χ4n) is 2.46. The Hall–Kier alpha value is -3.31. The molecule has 10 nitrogen and oxygen atoms in total. The van der Waals surface area contributed by atoms with Crippen LogP contribution in [0, 0.1) is 24.0 Å². The molecule has 2 aromatic carbocycles. The molecule has 11 heteroatoms. The summed E-state index contributed by atoms with van der Waals surface area (Å²) in [6, 6.07) is 7.79. The number of non-ortho nitro benzene ring substituents is 1. The SMILES string of the molecule is Cc1cc(C(=O)OC(C)C(=O)Nc2cccc([N+](=O)[O-])c2)cc(S(N)(=O)=O)c1C. The Morgan fingerprint density at radius 2 is 1.86 bits per heavy atom. The van der Waals surface area contributed by atoms with E-state index in [9.17, 15) is 28.1 Å². The number of nitro groups is 1. The lowest BCUT2D eigenvalue weighted by Crippen LogP contribution is -2.30. The second kappa shape index (κ2) is 8.37. The van der Waals surface area contributed by atoms with Gasteiger partial charge in [0.15, 0.2) is 6.10 Å². The van der Waals surface area contributed by atoms with Crippen LogP contribution in [0.25, 0.3) is 0 Å². The Morgan fingerprint density at radius 3 is 2.45 bits per heavy atom. The molecule has 0 spiro atoms. The van der Waals surface area contributed by atoms with Crippen LogP contribution in [0.2, 0.25) is 0 Å². The van der Waals surface area contributed by atoms with Crippen molar-refractivity contribution in [3.63, 3.8) is 0 Å². The maximum Gasteiger partial charge on any atom is 0.338 e. The van der Waals surface area contributed by atoms with Crippen LogP contribution in [-0.2, 0) is 19.6 Å². The highest BCUT2D eigenvalue weighted by Gasteiger charge is 2.22. The zero-order chi connectivity index (χ0) is 21.9. The fourth-order valence-corrected chi connectivity index (χ4v) is 3.34. The summed E-state index contributed by atoms with van der Waals surface area (Å²) in [5, 5.41) is 18.4. The largest absolute Gasteiger partial charge is 0.449 e. The second-order valence-corrected chi connectivity index (χ2v) is 7.84. The van der Waals surface area contributed by atoms with E-state index < -0.39 is 32.9 Å². The van der Waals surface area contributed by atoms with Gasteiger partial charge in [0.2, 0.25) is 10.0 Å². The molecule has 0 saturated carbocycles. The van der Waals surface area contributed by atoms with E-state index in [1.165, 1.54) is 31.2 Å². The average molecular weight is 421 g/mol. The number of primary sulfonamides is 1. The van der Waals surface area contributed by atoms with Crippen LogP contribution in [0.4, 0.5) is 11.4 Å². The molecule has 1 unspecified atom stereocenters. The number of benzene rings is 2. The molecule has 1 atom stereocenters. The van der Waals surface area contributed by atoms with Gasteiger partial charge in [0.05, 0.1) is 15.4 Å². The number of nitro benzene ring substituents is 1. The summed E-state index contributed by atoms with van der Waals surface area (Å²) in [5.41, 5.74) is 0.790. The first kappa shape index (κ1) is 22.0. The molecule has 0 aromatic heterocycles. The molecule has 1 amide bonds. The van der Waals surface area contributed by atoms with E-state index >= 15 is 0 Å². The molecule has 3 N–H and O–H groups in total. The fraction of sp³-hybridized carbons (Fsp3) is 0.222. The van der Waals surface area contributed by atoms with Crippen molar-refractivity contribution in [1.29, 1.82) is 0 Å². The number of carbonyl (C=O) groups excluding carboxylic acids is 2. The predicted octanol–water partition coefficient (Wildman–Crippen LogP) is 2.04. The molecule has 2 aromatic rings. The van der Waals surface area contributed by atoms with Crippen molar-refractivity contribution in [2.24, 2.45) is 5.14 Å². The average Bonchev–Trinajstić information content (AvgIpc) is 2.62. The van der Waals surface area contributed by atoms with Crippen molar-refractivity contribution >= 4 is 33.3 Å². The summed E-state index contributed by atoms with van der Waals surface area (Å²) < 4.78 is 28.5. The van der Waals surface area contributed by atoms with Crippen molar-refractivity contribution in [3.05, 3.63) is 63.2 Å². The topological polar surface area (TPSA) is 159 Å². The minimum atomic E-state index is -4.05. The van der Waals surface area contributed by atoms with Crippen molar-refractivity contribution in [3.8, 4) is 0 Å². The van der Waals surface area contributed by atoms with E-state index in [4.69, 9.17) is 9.88 Å². The van der Waals surface area contributed by atoms with Gasteiger partial charge in [-0.3, -0.25) is 14.9 Å². The molecular weight excluding hydrogens is 402 g/mol. The zero-order valence-electron chi connectivity index (χ0n) is 15.8. The number of anilines is 1. The molecule has 29 heavy (non-hydrogen) atoms. The number of nitrogens with one attached hydrogen (secondary N) is 1. The Kier molecular flexibility index (Phi) is 6.34. The molecule has 0 radical (unpaired) electrons. The number of esters is 1. The lowest BCUT2D eigenvalue weighted by molar-refractivity contribution is -0.384. The lowest BCUT2D eigenvalue weighted by atomic mass is 10.1. The molecule has 0 saturated heterocycles. The van der Waals surface area contributed by atoms with Crippen LogP contribution in [-0.4, -0.2) is 31.3 Å². The lowest BCUT2D eigenvalue weighted by Gasteiger charge is -2.15. The normalized spacial score (nSPS) is 12.1. The maximum atomic E-state index is 12.4. The molecular formula is C18H19N3O7S. The van der Waals surface area contributed by atoms with Gasteiger partial charge in [-0.15, -0.1) is 0 Å². The Bertz CT molecular complexity index is 1100. The zero-order valence-corrected chi connectivity index (χ0v) is 16.6. The van der Waals surface area contributed by atoms with E-state index in [2.05, 4.69) is 5.32 Å². The Morgan fingerprint density at radius 1 is 1.21 bits per heavy atom. The summed E-state index contributed by atoms with van der Waals surface area (Å²) in [4.78, 5) is 34.6. The number of hydrogen-bond acceptors (Lipinski definition) is 7. The molecule has 0 fully saturated rings. The summed E-state index contributed by atoms with van der Waals surface area (Å²) >= 11 is 0. The first-order valence-corrected chi connectivity index (χ1v) is 9.85.